The summed E-state index contributed by atoms with van der Waals surface area (Å²) >= 11 is 0. The number of amides is 1. The maximum Gasteiger partial charge on any atom is 0.357 e. The van der Waals surface area contributed by atoms with Gasteiger partial charge in [-0.05, 0) is 26.0 Å². The summed E-state index contributed by atoms with van der Waals surface area (Å²) in [6, 6.07) is 3.16. The number of aryl methyl sites for hydroxylation is 1. The summed E-state index contributed by atoms with van der Waals surface area (Å²) in [5, 5.41) is 2.64. The first kappa shape index (κ1) is 18.2. The lowest BCUT2D eigenvalue weighted by Crippen LogP contribution is -2.20. The topological polar surface area (TPSA) is 99.5 Å². The molecule has 132 valence electrons. The molecule has 0 spiro atoms. The van der Waals surface area contributed by atoms with Crippen LogP contribution >= 0.6 is 0 Å². The number of carbonyl (C=O) groups is 3. The lowest BCUT2D eigenvalue weighted by Gasteiger charge is -2.12. The highest BCUT2D eigenvalue weighted by atomic mass is 16.5. The maximum atomic E-state index is 12.6. The van der Waals surface area contributed by atoms with E-state index in [4.69, 9.17) is 4.74 Å². The second-order valence-corrected chi connectivity index (χ2v) is 5.36. The molecule has 0 bridgehead atoms. The van der Waals surface area contributed by atoms with Crippen LogP contribution in [0.4, 0.5) is 5.69 Å². The Hall–Kier alpha value is -3.16. The van der Waals surface area contributed by atoms with Gasteiger partial charge in [-0.15, -0.1) is 0 Å². The van der Waals surface area contributed by atoms with Crippen LogP contribution in [0.25, 0.3) is 0 Å². The molecule has 0 unspecified atom stereocenters. The minimum Gasteiger partial charge on any atom is -0.465 e. The van der Waals surface area contributed by atoms with Crippen molar-refractivity contribution in [2.75, 3.05) is 19.5 Å². The summed E-state index contributed by atoms with van der Waals surface area (Å²) in [7, 11) is 4.20. The van der Waals surface area contributed by atoms with Gasteiger partial charge in [0.25, 0.3) is 5.91 Å². The molecule has 1 N–H and O–H groups in total. The molecule has 8 heteroatoms. The minimum absolute atomic E-state index is 0.119. The molecule has 25 heavy (non-hydrogen) atoms. The maximum absolute atomic E-state index is 12.6. The summed E-state index contributed by atoms with van der Waals surface area (Å²) in [6.07, 6.45) is 1.30. The molecular weight excluding hydrogens is 326 g/mol. The lowest BCUT2D eigenvalue weighted by atomic mass is 10.1. The number of nitrogens with one attached hydrogen (secondary N) is 1. The van der Waals surface area contributed by atoms with Crippen molar-refractivity contribution in [3.05, 3.63) is 46.5 Å². The molecule has 0 aromatic carbocycles. The predicted molar refractivity (Wildman–Crippen MR) is 89.8 cm³/mol. The first-order valence-electron chi connectivity index (χ1n) is 7.41. The SMILES string of the molecule is COC(=O)c1nccc(NC(=O)c2cc(C)n(C)c2C)c1C(=O)OC. The third-order valence-electron chi connectivity index (χ3n) is 3.99. The molecule has 2 heterocycles. The molecular formula is C17H19N3O5. The van der Waals surface area contributed by atoms with Crippen molar-refractivity contribution in [1.82, 2.24) is 9.55 Å². The van der Waals surface area contributed by atoms with Crippen molar-refractivity contribution in [2.24, 2.45) is 7.05 Å². The van der Waals surface area contributed by atoms with Gasteiger partial charge in [-0.3, -0.25) is 4.79 Å². The Labute approximate surface area is 144 Å². The van der Waals surface area contributed by atoms with Gasteiger partial charge in [-0.25, -0.2) is 14.6 Å². The van der Waals surface area contributed by atoms with E-state index in [1.165, 1.54) is 26.5 Å². The van der Waals surface area contributed by atoms with Gasteiger partial charge in [-0.1, -0.05) is 0 Å². The molecule has 0 fully saturated rings. The number of hydrogen-bond donors (Lipinski definition) is 1. The molecule has 2 rings (SSSR count). The van der Waals surface area contributed by atoms with E-state index in [0.717, 1.165) is 11.4 Å². The highest BCUT2D eigenvalue weighted by Crippen LogP contribution is 2.22. The van der Waals surface area contributed by atoms with E-state index in [9.17, 15) is 14.4 Å². The molecule has 0 aliphatic heterocycles. The number of pyridine rings is 1. The van der Waals surface area contributed by atoms with Gasteiger partial charge < -0.3 is 19.4 Å². The van der Waals surface area contributed by atoms with Crippen molar-refractivity contribution < 1.29 is 23.9 Å². The van der Waals surface area contributed by atoms with E-state index in [2.05, 4.69) is 15.0 Å². The number of aromatic nitrogens is 2. The van der Waals surface area contributed by atoms with Crippen molar-refractivity contribution in [2.45, 2.75) is 13.8 Å². The second kappa shape index (κ2) is 7.16. The van der Waals surface area contributed by atoms with Crippen LogP contribution in [0.15, 0.2) is 18.3 Å². The zero-order valence-corrected chi connectivity index (χ0v) is 14.7. The summed E-state index contributed by atoms with van der Waals surface area (Å²) in [6.45, 7) is 3.70. The first-order chi connectivity index (χ1) is 11.8. The molecule has 0 aliphatic carbocycles. The molecule has 0 saturated heterocycles. The second-order valence-electron chi connectivity index (χ2n) is 5.36. The summed E-state index contributed by atoms with van der Waals surface area (Å²) < 4.78 is 11.2. The smallest absolute Gasteiger partial charge is 0.357 e. The van der Waals surface area contributed by atoms with Crippen LogP contribution < -0.4 is 5.32 Å². The zero-order valence-electron chi connectivity index (χ0n) is 14.7. The van der Waals surface area contributed by atoms with E-state index in [-0.39, 0.29) is 16.9 Å². The fourth-order valence-corrected chi connectivity index (χ4v) is 2.40. The van der Waals surface area contributed by atoms with Crippen LogP contribution in [0.3, 0.4) is 0 Å². The van der Waals surface area contributed by atoms with Crippen LogP contribution in [0, 0.1) is 13.8 Å². The Morgan fingerprint density at radius 1 is 1.12 bits per heavy atom. The Kier molecular flexibility index (Phi) is 5.21. The number of hydrogen-bond acceptors (Lipinski definition) is 6. The van der Waals surface area contributed by atoms with Crippen molar-refractivity contribution >= 4 is 23.5 Å². The van der Waals surface area contributed by atoms with Crippen LogP contribution in [0.2, 0.25) is 0 Å². The van der Waals surface area contributed by atoms with E-state index in [1.54, 1.807) is 6.07 Å². The average Bonchev–Trinajstić information content (AvgIpc) is 2.87. The van der Waals surface area contributed by atoms with Crippen molar-refractivity contribution in [3.63, 3.8) is 0 Å². The van der Waals surface area contributed by atoms with Gasteiger partial charge in [0.1, 0.15) is 5.56 Å². The molecule has 2 aromatic rings. The first-order valence-corrected chi connectivity index (χ1v) is 7.41. The van der Waals surface area contributed by atoms with Gasteiger partial charge in [-0.2, -0.15) is 0 Å². The zero-order chi connectivity index (χ0) is 18.7. The number of methoxy groups -OCH3 is 2. The fourth-order valence-electron chi connectivity index (χ4n) is 2.40. The Morgan fingerprint density at radius 2 is 1.76 bits per heavy atom. The summed E-state index contributed by atoms with van der Waals surface area (Å²) in [5.74, 6) is -2.01. The molecule has 0 saturated carbocycles. The number of carbonyl (C=O) groups excluding carboxylic acids is 3. The Balaban J connectivity index is 2.48. The molecule has 0 aliphatic rings. The fraction of sp³-hybridized carbons (Fsp3) is 0.294. The number of nitrogens with zero attached hydrogens (tertiary/aromatic N) is 2. The average molecular weight is 345 g/mol. The van der Waals surface area contributed by atoms with E-state index in [0.29, 0.717) is 5.56 Å². The normalized spacial score (nSPS) is 10.3. The Bertz CT molecular complexity index is 854. The standard InChI is InChI=1S/C17H19N3O5/c1-9-8-11(10(2)20(9)3)15(21)19-12-6-7-18-14(17(23)25-5)13(12)16(22)24-4/h6-8H,1-5H3,(H,18,19,21). The monoisotopic (exact) mass is 345 g/mol. The van der Waals surface area contributed by atoms with Crippen LogP contribution in [-0.2, 0) is 16.5 Å². The number of esters is 2. The largest absolute Gasteiger partial charge is 0.465 e. The van der Waals surface area contributed by atoms with Crippen LogP contribution in [0.5, 0.6) is 0 Å². The minimum atomic E-state index is -0.803. The number of anilines is 1. The van der Waals surface area contributed by atoms with Crippen LogP contribution in [-0.4, -0.2) is 41.6 Å². The lowest BCUT2D eigenvalue weighted by molar-refractivity contribution is 0.0550. The van der Waals surface area contributed by atoms with E-state index >= 15 is 0 Å². The van der Waals surface area contributed by atoms with Gasteiger partial charge >= 0.3 is 11.9 Å². The molecule has 1 amide bonds. The molecule has 2 aromatic heterocycles. The van der Waals surface area contributed by atoms with Crippen molar-refractivity contribution in [3.8, 4) is 0 Å². The third kappa shape index (κ3) is 3.37. The highest BCUT2D eigenvalue weighted by molar-refractivity contribution is 6.11. The van der Waals surface area contributed by atoms with E-state index in [1.807, 2.05) is 25.5 Å². The van der Waals surface area contributed by atoms with Gasteiger partial charge in [0.2, 0.25) is 0 Å². The summed E-state index contributed by atoms with van der Waals surface area (Å²) in [5.41, 5.74) is 1.89. The highest BCUT2D eigenvalue weighted by Gasteiger charge is 2.25. The van der Waals surface area contributed by atoms with Gasteiger partial charge in [0, 0.05) is 24.6 Å². The number of ether oxygens (including phenoxy) is 2. The van der Waals surface area contributed by atoms with Crippen LogP contribution in [0.1, 0.15) is 42.6 Å². The molecule has 8 nitrogen and oxygen atoms in total. The van der Waals surface area contributed by atoms with Crippen molar-refractivity contribution in [1.29, 1.82) is 0 Å². The third-order valence-corrected chi connectivity index (χ3v) is 3.99. The molecule has 0 radical (unpaired) electrons. The number of rotatable bonds is 4. The Morgan fingerprint density at radius 3 is 2.28 bits per heavy atom. The van der Waals surface area contributed by atoms with Gasteiger partial charge in [0.05, 0.1) is 25.5 Å². The molecule has 0 atom stereocenters. The predicted octanol–water partition coefficient (Wildman–Crippen LogP) is 1.86. The quantitative estimate of drug-likeness (QED) is 0.849. The van der Waals surface area contributed by atoms with E-state index < -0.39 is 17.8 Å². The van der Waals surface area contributed by atoms with Gasteiger partial charge in [0.15, 0.2) is 5.69 Å². The summed E-state index contributed by atoms with van der Waals surface area (Å²) in [4.78, 5) is 40.4.